The quantitative estimate of drug-likeness (QED) is 0.776. The summed E-state index contributed by atoms with van der Waals surface area (Å²) in [4.78, 5) is 16.9. The molecule has 6 heteroatoms. The zero-order valence-electron chi connectivity index (χ0n) is 14.3. The van der Waals surface area contributed by atoms with Crippen LogP contribution in [0.4, 0.5) is 0 Å². The van der Waals surface area contributed by atoms with Gasteiger partial charge in [-0.25, -0.2) is 4.98 Å². The Hall–Kier alpha value is -2.60. The summed E-state index contributed by atoms with van der Waals surface area (Å²) in [5.74, 6) is 0.489. The number of aliphatic hydroxyl groups excluding tert-OH is 1. The zero-order valence-corrected chi connectivity index (χ0v) is 14.3. The van der Waals surface area contributed by atoms with Crippen LogP contribution in [-0.2, 0) is 0 Å². The molecule has 1 aromatic carbocycles. The predicted octanol–water partition coefficient (Wildman–Crippen LogP) is 2.35. The third kappa shape index (κ3) is 3.58. The molecule has 1 heterocycles. The molecule has 0 saturated heterocycles. The van der Waals surface area contributed by atoms with E-state index in [0.717, 1.165) is 5.56 Å². The minimum absolute atomic E-state index is 0.0920. The molecule has 0 aliphatic heterocycles. The molecule has 1 aliphatic carbocycles. The van der Waals surface area contributed by atoms with E-state index in [0.29, 0.717) is 29.8 Å². The Bertz CT molecular complexity index is 755. The number of nitrogens with one attached hydrogen (secondary N) is 1. The number of ether oxygens (including phenoxy) is 1. The summed E-state index contributed by atoms with van der Waals surface area (Å²) in [6.07, 6.45) is 2.63. The van der Waals surface area contributed by atoms with Crippen molar-refractivity contribution >= 4 is 5.91 Å². The molecule has 0 bridgehead atoms. The van der Waals surface area contributed by atoms with E-state index in [1.54, 1.807) is 44.5 Å². The number of amides is 1. The van der Waals surface area contributed by atoms with Crippen molar-refractivity contribution in [3.05, 3.63) is 53.2 Å². The molecule has 1 fully saturated rings. The van der Waals surface area contributed by atoms with Crippen molar-refractivity contribution in [2.75, 3.05) is 7.11 Å². The van der Waals surface area contributed by atoms with E-state index in [2.05, 4.69) is 10.3 Å². The molecule has 132 valence electrons. The zero-order chi connectivity index (χ0) is 18.0. The number of aromatic nitrogens is 1. The van der Waals surface area contributed by atoms with E-state index in [4.69, 9.17) is 4.74 Å². The number of aromatic hydroxyl groups is 1. The smallest absolute Gasteiger partial charge is 0.252 e. The van der Waals surface area contributed by atoms with E-state index in [1.807, 2.05) is 6.07 Å². The van der Waals surface area contributed by atoms with Crippen LogP contribution in [0.25, 0.3) is 0 Å². The number of benzene rings is 1. The van der Waals surface area contributed by atoms with Crippen LogP contribution in [0.5, 0.6) is 11.6 Å². The molecule has 25 heavy (non-hydrogen) atoms. The maximum absolute atomic E-state index is 12.7. The largest absolute Gasteiger partial charge is 0.508 e. The van der Waals surface area contributed by atoms with Gasteiger partial charge in [0.05, 0.1) is 19.3 Å². The number of aliphatic hydroxyl groups is 1. The highest BCUT2D eigenvalue weighted by molar-refractivity contribution is 5.96. The molecule has 1 saturated carbocycles. The van der Waals surface area contributed by atoms with Gasteiger partial charge in [-0.05, 0) is 43.4 Å². The molecule has 1 amide bonds. The Labute approximate surface area is 146 Å². The summed E-state index contributed by atoms with van der Waals surface area (Å²) in [6, 6.07) is 8.26. The minimum atomic E-state index is -0.321. The van der Waals surface area contributed by atoms with E-state index >= 15 is 0 Å². The number of rotatable bonds is 5. The summed E-state index contributed by atoms with van der Waals surface area (Å²) < 4.78 is 5.08. The van der Waals surface area contributed by atoms with E-state index < -0.39 is 0 Å². The van der Waals surface area contributed by atoms with Gasteiger partial charge in [0.2, 0.25) is 5.88 Å². The van der Waals surface area contributed by atoms with Gasteiger partial charge in [0.25, 0.3) is 5.91 Å². The second kappa shape index (κ2) is 7.11. The van der Waals surface area contributed by atoms with Gasteiger partial charge in [-0.15, -0.1) is 0 Å². The van der Waals surface area contributed by atoms with Crippen molar-refractivity contribution in [1.82, 2.24) is 10.3 Å². The van der Waals surface area contributed by atoms with Gasteiger partial charge in [0.15, 0.2) is 0 Å². The molecule has 6 nitrogen and oxygen atoms in total. The van der Waals surface area contributed by atoms with E-state index in [1.165, 1.54) is 0 Å². The number of carbonyl (C=O) groups excluding carboxylic acids is 1. The minimum Gasteiger partial charge on any atom is -0.508 e. The molecular weight excluding hydrogens is 320 g/mol. The third-order valence-corrected chi connectivity index (χ3v) is 4.78. The summed E-state index contributed by atoms with van der Waals surface area (Å²) in [5, 5.41) is 22.5. The molecular formula is C19H22N2O4. The van der Waals surface area contributed by atoms with Crippen molar-refractivity contribution in [2.45, 2.75) is 31.9 Å². The number of methoxy groups -OCH3 is 1. The van der Waals surface area contributed by atoms with Gasteiger partial charge in [0.1, 0.15) is 5.75 Å². The molecule has 0 radical (unpaired) electrons. The van der Waals surface area contributed by atoms with Crippen molar-refractivity contribution in [3.8, 4) is 11.6 Å². The summed E-state index contributed by atoms with van der Waals surface area (Å²) in [7, 11) is 1.55. The van der Waals surface area contributed by atoms with Crippen LogP contribution in [0.3, 0.4) is 0 Å². The Morgan fingerprint density at radius 1 is 1.32 bits per heavy atom. The fourth-order valence-electron chi connectivity index (χ4n) is 3.16. The second-order valence-electron chi connectivity index (χ2n) is 6.42. The van der Waals surface area contributed by atoms with E-state index in [9.17, 15) is 15.0 Å². The molecule has 2 aromatic rings. The van der Waals surface area contributed by atoms with Crippen LogP contribution >= 0.6 is 0 Å². The number of hydrogen-bond donors (Lipinski definition) is 3. The molecule has 3 N–H and O–H groups in total. The van der Waals surface area contributed by atoms with E-state index in [-0.39, 0.29) is 29.7 Å². The van der Waals surface area contributed by atoms with Gasteiger partial charge in [0, 0.05) is 23.4 Å². The van der Waals surface area contributed by atoms with Gasteiger partial charge in [-0.1, -0.05) is 12.1 Å². The molecule has 1 aliphatic rings. The Kier molecular flexibility index (Phi) is 4.90. The molecule has 1 unspecified atom stereocenters. The fraction of sp³-hybridized carbons (Fsp3) is 0.368. The van der Waals surface area contributed by atoms with Gasteiger partial charge in [-0.2, -0.15) is 0 Å². The van der Waals surface area contributed by atoms with Crippen molar-refractivity contribution < 1.29 is 19.7 Å². The van der Waals surface area contributed by atoms with Gasteiger partial charge >= 0.3 is 0 Å². The van der Waals surface area contributed by atoms with Crippen LogP contribution in [0, 0.1) is 12.8 Å². The van der Waals surface area contributed by atoms with Crippen LogP contribution in [-0.4, -0.2) is 34.3 Å². The molecule has 3 rings (SSSR count). The lowest BCUT2D eigenvalue weighted by molar-refractivity contribution is 0.0234. The lowest BCUT2D eigenvalue weighted by Crippen LogP contribution is -2.41. The normalized spacial score (nSPS) is 20.4. The first-order valence-corrected chi connectivity index (χ1v) is 8.27. The first kappa shape index (κ1) is 17.2. The number of phenols is 1. The standard InChI is InChI=1S/C19H22N2O4/c1-11-15(4-3-5-16(11)23)19(24)21-18(13-8-14(22)9-13)12-6-7-17(25-2)20-10-12/h3-7,10,13-14,18,22-23H,8-9H2,1-2H3,(H,21,24). The summed E-state index contributed by atoms with van der Waals surface area (Å²) in [5.41, 5.74) is 1.84. The van der Waals surface area contributed by atoms with Crippen molar-refractivity contribution in [3.63, 3.8) is 0 Å². The average Bonchev–Trinajstić information content (AvgIpc) is 2.59. The predicted molar refractivity (Wildman–Crippen MR) is 92.6 cm³/mol. The third-order valence-electron chi connectivity index (χ3n) is 4.78. The van der Waals surface area contributed by atoms with Crippen molar-refractivity contribution in [2.24, 2.45) is 5.92 Å². The Morgan fingerprint density at radius 3 is 2.68 bits per heavy atom. The highest BCUT2D eigenvalue weighted by Crippen LogP contribution is 2.38. The van der Waals surface area contributed by atoms with Crippen LogP contribution in [0.2, 0.25) is 0 Å². The molecule has 1 atom stereocenters. The van der Waals surface area contributed by atoms with Gasteiger partial charge < -0.3 is 20.3 Å². The highest BCUT2D eigenvalue weighted by Gasteiger charge is 2.36. The fourth-order valence-corrected chi connectivity index (χ4v) is 3.16. The first-order valence-electron chi connectivity index (χ1n) is 8.27. The van der Waals surface area contributed by atoms with Crippen LogP contribution in [0.15, 0.2) is 36.5 Å². The summed E-state index contributed by atoms with van der Waals surface area (Å²) in [6.45, 7) is 1.71. The lowest BCUT2D eigenvalue weighted by atomic mass is 9.75. The van der Waals surface area contributed by atoms with Crippen LogP contribution in [0.1, 0.15) is 40.4 Å². The number of phenolic OH excluding ortho intramolecular Hbond substituents is 1. The number of pyridine rings is 1. The first-order chi connectivity index (χ1) is 12.0. The van der Waals surface area contributed by atoms with Crippen molar-refractivity contribution in [1.29, 1.82) is 0 Å². The number of hydrogen-bond acceptors (Lipinski definition) is 5. The Morgan fingerprint density at radius 2 is 2.08 bits per heavy atom. The molecule has 0 spiro atoms. The lowest BCUT2D eigenvalue weighted by Gasteiger charge is -2.38. The maximum atomic E-state index is 12.7. The van der Waals surface area contributed by atoms with Gasteiger partial charge in [-0.3, -0.25) is 4.79 Å². The summed E-state index contributed by atoms with van der Waals surface area (Å²) >= 11 is 0. The number of nitrogens with zero attached hydrogens (tertiary/aromatic N) is 1. The topological polar surface area (TPSA) is 91.7 Å². The monoisotopic (exact) mass is 342 g/mol. The highest BCUT2D eigenvalue weighted by atomic mass is 16.5. The number of carbonyl (C=O) groups is 1. The maximum Gasteiger partial charge on any atom is 0.252 e. The Balaban J connectivity index is 1.84. The van der Waals surface area contributed by atoms with Crippen LogP contribution < -0.4 is 10.1 Å². The molecule has 1 aromatic heterocycles. The SMILES string of the molecule is COc1ccc(C(NC(=O)c2cccc(O)c2C)C2CC(O)C2)cn1. The average molecular weight is 342 g/mol. The second-order valence-corrected chi connectivity index (χ2v) is 6.42.